The maximum absolute atomic E-state index is 13.7. The number of nitrogens with one attached hydrogen (secondary N) is 2. The van der Waals surface area contributed by atoms with Gasteiger partial charge in [0.15, 0.2) is 6.54 Å². The van der Waals surface area contributed by atoms with Crippen LogP contribution >= 0.6 is 0 Å². The Morgan fingerprint density at radius 3 is 2.61 bits per heavy atom. The molecule has 33 heavy (non-hydrogen) atoms. The van der Waals surface area contributed by atoms with Gasteiger partial charge in [-0.05, 0) is 36.4 Å². The molecule has 5 rings (SSSR count). The van der Waals surface area contributed by atoms with E-state index in [-0.39, 0.29) is 11.7 Å². The lowest BCUT2D eigenvalue weighted by atomic mass is 10.0. The zero-order chi connectivity index (χ0) is 23.2. The molecule has 0 atom stereocenters. The molecule has 2 aliphatic rings. The topological polar surface area (TPSA) is 43.8 Å². The first kappa shape index (κ1) is 21.8. The number of H-pyrrole nitrogens is 1. The van der Waals surface area contributed by atoms with E-state index in [2.05, 4.69) is 4.98 Å². The summed E-state index contributed by atoms with van der Waals surface area (Å²) in [5.74, 6) is -0.246. The first-order chi connectivity index (χ1) is 15.8. The van der Waals surface area contributed by atoms with Crippen LogP contribution in [0.15, 0.2) is 42.5 Å². The van der Waals surface area contributed by atoms with Gasteiger partial charge < -0.3 is 19.7 Å². The number of alkyl halides is 3. The van der Waals surface area contributed by atoms with Crippen LogP contribution in [-0.2, 0) is 23.9 Å². The van der Waals surface area contributed by atoms with E-state index < -0.39 is 11.7 Å². The Bertz CT molecular complexity index is 1180. The second-order valence-electron chi connectivity index (χ2n) is 8.80. The van der Waals surface area contributed by atoms with Gasteiger partial charge in [-0.3, -0.25) is 4.79 Å². The number of fused-ring (bicyclic) bond motifs is 3. The number of halogens is 4. The Morgan fingerprint density at radius 1 is 1.06 bits per heavy atom. The van der Waals surface area contributed by atoms with Gasteiger partial charge in [0, 0.05) is 47.4 Å². The number of hydrogen-bond donors (Lipinski definition) is 2. The van der Waals surface area contributed by atoms with Crippen molar-refractivity contribution >= 4 is 22.5 Å². The number of hydrogen-bond acceptors (Lipinski definition) is 2. The Labute approximate surface area is 188 Å². The average Bonchev–Trinajstić information content (AvgIpc) is 3.16. The van der Waals surface area contributed by atoms with E-state index in [1.807, 2.05) is 9.80 Å². The van der Waals surface area contributed by atoms with Crippen LogP contribution in [-0.4, -0.2) is 55.1 Å². The molecule has 2 aromatic carbocycles. The molecule has 174 valence electrons. The summed E-state index contributed by atoms with van der Waals surface area (Å²) in [6.45, 7) is 3.97. The minimum absolute atomic E-state index is 0.0499. The van der Waals surface area contributed by atoms with Crippen LogP contribution in [0.25, 0.3) is 10.9 Å². The van der Waals surface area contributed by atoms with E-state index in [9.17, 15) is 22.4 Å². The van der Waals surface area contributed by atoms with Crippen molar-refractivity contribution in [3.8, 4) is 0 Å². The molecule has 1 saturated heterocycles. The molecule has 3 aromatic rings. The normalized spacial score (nSPS) is 17.5. The highest BCUT2D eigenvalue weighted by molar-refractivity contribution is 5.86. The number of amides is 1. The molecule has 2 N–H and O–H groups in total. The van der Waals surface area contributed by atoms with Crippen molar-refractivity contribution in [3.05, 3.63) is 65.1 Å². The lowest BCUT2D eigenvalue weighted by molar-refractivity contribution is -0.892. The summed E-state index contributed by atoms with van der Waals surface area (Å²) in [6.07, 6.45) is -3.66. The maximum Gasteiger partial charge on any atom is 0.416 e. The number of aromatic amines is 1. The lowest BCUT2D eigenvalue weighted by Gasteiger charge is -2.35. The van der Waals surface area contributed by atoms with Crippen LogP contribution in [0.5, 0.6) is 0 Å². The van der Waals surface area contributed by atoms with E-state index in [0.717, 1.165) is 33.1 Å². The standard InChI is InChI=1S/C24H24F4N4O/c25-17-4-5-21-19(13-17)20-14-32(7-6-22(20)29-21)23(33)15-30-8-10-31(11-9-30)18-3-1-2-16(12-18)24(26,27)28/h1-5,12-13,29H,6-11,14-15H2/p+1. The molecule has 0 spiro atoms. The van der Waals surface area contributed by atoms with Crippen LogP contribution in [0, 0.1) is 5.82 Å². The predicted molar refractivity (Wildman–Crippen MR) is 117 cm³/mol. The monoisotopic (exact) mass is 461 g/mol. The molecule has 9 heteroatoms. The van der Waals surface area contributed by atoms with Crippen molar-refractivity contribution in [1.29, 1.82) is 0 Å². The molecule has 0 radical (unpaired) electrons. The van der Waals surface area contributed by atoms with Gasteiger partial charge in [-0.25, -0.2) is 4.39 Å². The van der Waals surface area contributed by atoms with Crippen molar-refractivity contribution in [2.24, 2.45) is 0 Å². The molecule has 0 saturated carbocycles. The van der Waals surface area contributed by atoms with Gasteiger partial charge in [0.1, 0.15) is 5.82 Å². The molecule has 1 amide bonds. The number of benzene rings is 2. The minimum Gasteiger partial charge on any atom is -0.360 e. The second kappa shape index (κ2) is 8.37. The molecule has 0 aliphatic carbocycles. The molecule has 2 aliphatic heterocycles. The minimum atomic E-state index is -4.36. The molecule has 5 nitrogen and oxygen atoms in total. The molecular formula is C24H25F4N4O+. The fourth-order valence-corrected chi connectivity index (χ4v) is 4.86. The average molecular weight is 461 g/mol. The van der Waals surface area contributed by atoms with E-state index in [4.69, 9.17) is 0 Å². The molecule has 0 bridgehead atoms. The van der Waals surface area contributed by atoms with Gasteiger partial charge in [0.2, 0.25) is 0 Å². The van der Waals surface area contributed by atoms with Gasteiger partial charge in [-0.1, -0.05) is 6.07 Å². The van der Waals surface area contributed by atoms with Gasteiger partial charge in [0.25, 0.3) is 5.91 Å². The number of carbonyl (C=O) groups excluding carboxylic acids is 1. The third-order valence-corrected chi connectivity index (χ3v) is 6.70. The van der Waals surface area contributed by atoms with Gasteiger partial charge in [-0.15, -0.1) is 0 Å². The first-order valence-electron chi connectivity index (χ1n) is 11.1. The number of rotatable bonds is 3. The van der Waals surface area contributed by atoms with Crippen LogP contribution in [0.1, 0.15) is 16.8 Å². The summed E-state index contributed by atoms with van der Waals surface area (Å²) in [5.41, 5.74) is 2.83. The van der Waals surface area contributed by atoms with Crippen LogP contribution in [0.2, 0.25) is 0 Å². The largest absolute Gasteiger partial charge is 0.416 e. The summed E-state index contributed by atoms with van der Waals surface area (Å²) < 4.78 is 52.8. The number of nitrogens with zero attached hydrogens (tertiary/aromatic N) is 2. The third-order valence-electron chi connectivity index (χ3n) is 6.70. The van der Waals surface area contributed by atoms with Crippen molar-refractivity contribution < 1.29 is 27.3 Å². The third kappa shape index (κ3) is 4.42. The van der Waals surface area contributed by atoms with E-state index in [1.54, 1.807) is 12.1 Å². The van der Waals surface area contributed by atoms with Gasteiger partial charge in [-0.2, -0.15) is 13.2 Å². The summed E-state index contributed by atoms with van der Waals surface area (Å²) in [7, 11) is 0. The summed E-state index contributed by atoms with van der Waals surface area (Å²) in [4.78, 5) is 21.2. The van der Waals surface area contributed by atoms with Crippen LogP contribution in [0.4, 0.5) is 23.2 Å². The Hall–Kier alpha value is -3.07. The van der Waals surface area contributed by atoms with E-state index >= 15 is 0 Å². The fraction of sp³-hybridized carbons (Fsp3) is 0.375. The molecule has 3 heterocycles. The first-order valence-corrected chi connectivity index (χ1v) is 11.1. The highest BCUT2D eigenvalue weighted by Crippen LogP contribution is 2.32. The highest BCUT2D eigenvalue weighted by atomic mass is 19.4. The summed E-state index contributed by atoms with van der Waals surface area (Å²) in [6, 6.07) is 10.1. The van der Waals surface area contributed by atoms with Gasteiger partial charge in [0.05, 0.1) is 31.7 Å². The number of quaternary nitrogens is 1. The second-order valence-corrected chi connectivity index (χ2v) is 8.80. The van der Waals surface area contributed by atoms with Gasteiger partial charge >= 0.3 is 6.18 Å². The maximum atomic E-state index is 13.7. The summed E-state index contributed by atoms with van der Waals surface area (Å²) in [5, 5.41) is 0.824. The Balaban J connectivity index is 1.19. The number of piperazine rings is 1. The summed E-state index contributed by atoms with van der Waals surface area (Å²) >= 11 is 0. The number of aromatic nitrogens is 1. The van der Waals surface area contributed by atoms with E-state index in [0.29, 0.717) is 57.9 Å². The fourth-order valence-electron chi connectivity index (χ4n) is 4.86. The molecular weight excluding hydrogens is 436 g/mol. The molecule has 1 fully saturated rings. The van der Waals surface area contributed by atoms with E-state index in [1.165, 1.54) is 24.3 Å². The van der Waals surface area contributed by atoms with Crippen molar-refractivity contribution in [2.75, 3.05) is 44.2 Å². The molecule has 1 aromatic heterocycles. The van der Waals surface area contributed by atoms with Crippen molar-refractivity contribution in [1.82, 2.24) is 9.88 Å². The zero-order valence-electron chi connectivity index (χ0n) is 18.0. The smallest absolute Gasteiger partial charge is 0.360 e. The Kier molecular flexibility index (Phi) is 5.52. The Morgan fingerprint density at radius 2 is 1.85 bits per heavy atom. The quantitative estimate of drug-likeness (QED) is 0.589. The van der Waals surface area contributed by atoms with Crippen LogP contribution in [0.3, 0.4) is 0 Å². The lowest BCUT2D eigenvalue weighted by Crippen LogP contribution is -3.15. The number of anilines is 1. The molecule has 0 unspecified atom stereocenters. The van der Waals surface area contributed by atoms with Crippen LogP contribution < -0.4 is 9.80 Å². The zero-order valence-corrected chi connectivity index (χ0v) is 18.0. The SMILES string of the molecule is O=C(C[NH+]1CCN(c2cccc(C(F)(F)F)c2)CC1)N1CCc2[nH]c3ccc(F)cc3c2C1. The van der Waals surface area contributed by atoms with Crippen molar-refractivity contribution in [2.45, 2.75) is 19.1 Å². The van der Waals surface area contributed by atoms with Crippen molar-refractivity contribution in [3.63, 3.8) is 0 Å². The number of carbonyl (C=O) groups is 1. The predicted octanol–water partition coefficient (Wildman–Crippen LogP) is 2.62. The highest BCUT2D eigenvalue weighted by Gasteiger charge is 2.32.